The Hall–Kier alpha value is -2.63. The number of halogens is 1. The Labute approximate surface area is 121 Å². The normalized spacial score (nSPS) is 10.8. The van der Waals surface area contributed by atoms with E-state index in [-0.39, 0.29) is 5.82 Å². The van der Waals surface area contributed by atoms with Crippen molar-refractivity contribution >= 4 is 17.0 Å². The highest BCUT2D eigenvalue weighted by Crippen LogP contribution is 2.17. The second-order valence-electron chi connectivity index (χ2n) is 4.52. The largest absolute Gasteiger partial charge is 0.465 e. The summed E-state index contributed by atoms with van der Waals surface area (Å²) in [6.45, 7) is 3.02. The zero-order valence-corrected chi connectivity index (χ0v) is 11.6. The van der Waals surface area contributed by atoms with Gasteiger partial charge in [0.15, 0.2) is 5.65 Å². The van der Waals surface area contributed by atoms with Crippen LogP contribution < -0.4 is 10.1 Å². The fourth-order valence-electron chi connectivity index (χ4n) is 1.97. The van der Waals surface area contributed by atoms with Gasteiger partial charge in [-0.15, -0.1) is 0 Å². The van der Waals surface area contributed by atoms with Crippen LogP contribution >= 0.6 is 0 Å². The molecule has 108 valence electrons. The third-order valence-electron chi connectivity index (χ3n) is 2.99. The fraction of sp³-hybridized carbons (Fsp3) is 0.200. The van der Waals surface area contributed by atoms with Gasteiger partial charge in [0.05, 0.1) is 12.1 Å². The lowest BCUT2D eigenvalue weighted by Gasteiger charge is -2.05. The van der Waals surface area contributed by atoms with Crippen LogP contribution in [0.25, 0.3) is 11.2 Å². The number of aromatic amines is 1. The molecule has 5 nitrogen and oxygen atoms in total. The quantitative estimate of drug-likeness (QED) is 0.756. The van der Waals surface area contributed by atoms with Crippen molar-refractivity contribution in [1.82, 2.24) is 15.0 Å². The minimum absolute atomic E-state index is 0.238. The molecule has 0 amide bonds. The van der Waals surface area contributed by atoms with Crippen LogP contribution in [-0.2, 0) is 6.54 Å². The maximum absolute atomic E-state index is 12.8. The summed E-state index contributed by atoms with van der Waals surface area (Å²) in [4.78, 5) is 11.7. The summed E-state index contributed by atoms with van der Waals surface area (Å²) in [5.74, 6) is 0.472. The van der Waals surface area contributed by atoms with Crippen LogP contribution in [0.1, 0.15) is 12.5 Å². The van der Waals surface area contributed by atoms with Crippen LogP contribution in [0.5, 0.6) is 6.01 Å². The number of fused-ring (bicyclic) bond motifs is 1. The third kappa shape index (κ3) is 3.10. The van der Waals surface area contributed by atoms with Crippen molar-refractivity contribution in [2.75, 3.05) is 11.9 Å². The molecule has 1 aromatic carbocycles. The lowest BCUT2D eigenvalue weighted by atomic mass is 10.2. The van der Waals surface area contributed by atoms with Crippen LogP contribution in [0.4, 0.5) is 10.2 Å². The number of H-pyrrole nitrogens is 1. The molecule has 0 radical (unpaired) electrons. The topological polar surface area (TPSA) is 62.8 Å². The number of nitrogens with one attached hydrogen (secondary N) is 2. The maximum atomic E-state index is 12.8. The van der Waals surface area contributed by atoms with E-state index in [0.29, 0.717) is 30.6 Å². The molecule has 6 heteroatoms. The molecule has 0 bridgehead atoms. The van der Waals surface area contributed by atoms with Gasteiger partial charge in [-0.25, -0.2) is 9.37 Å². The van der Waals surface area contributed by atoms with Gasteiger partial charge in [0.25, 0.3) is 6.01 Å². The summed E-state index contributed by atoms with van der Waals surface area (Å²) in [6.07, 6.45) is 0. The first-order valence-corrected chi connectivity index (χ1v) is 6.72. The van der Waals surface area contributed by atoms with Crippen molar-refractivity contribution in [2.24, 2.45) is 0 Å². The van der Waals surface area contributed by atoms with Gasteiger partial charge < -0.3 is 15.0 Å². The van der Waals surface area contributed by atoms with E-state index in [9.17, 15) is 4.39 Å². The summed E-state index contributed by atoms with van der Waals surface area (Å²) >= 11 is 0. The third-order valence-corrected chi connectivity index (χ3v) is 2.99. The van der Waals surface area contributed by atoms with Crippen molar-refractivity contribution in [1.29, 1.82) is 0 Å². The van der Waals surface area contributed by atoms with Crippen LogP contribution in [0.3, 0.4) is 0 Å². The van der Waals surface area contributed by atoms with Gasteiger partial charge in [-0.05, 0) is 36.8 Å². The molecule has 0 aliphatic carbocycles. The molecule has 0 fully saturated rings. The molecular weight excluding hydrogens is 271 g/mol. The monoisotopic (exact) mass is 286 g/mol. The second-order valence-corrected chi connectivity index (χ2v) is 4.52. The number of aromatic nitrogens is 3. The van der Waals surface area contributed by atoms with Crippen LogP contribution in [0, 0.1) is 5.82 Å². The van der Waals surface area contributed by atoms with Crippen LogP contribution in [0.15, 0.2) is 36.4 Å². The van der Waals surface area contributed by atoms with Crippen molar-refractivity contribution in [2.45, 2.75) is 13.5 Å². The van der Waals surface area contributed by atoms with Crippen molar-refractivity contribution in [3.05, 3.63) is 47.8 Å². The molecule has 2 N–H and O–H groups in total. The molecule has 0 spiro atoms. The molecule has 21 heavy (non-hydrogen) atoms. The zero-order valence-electron chi connectivity index (χ0n) is 11.6. The summed E-state index contributed by atoms with van der Waals surface area (Å²) in [6, 6.07) is 10.6. The molecule has 0 atom stereocenters. The Balaban J connectivity index is 1.73. The first-order valence-electron chi connectivity index (χ1n) is 6.72. The highest BCUT2D eigenvalue weighted by Gasteiger charge is 2.05. The number of nitrogens with zero attached hydrogens (tertiary/aromatic N) is 2. The van der Waals surface area contributed by atoms with Gasteiger partial charge in [-0.3, -0.25) is 0 Å². The minimum Gasteiger partial charge on any atom is -0.465 e. The van der Waals surface area contributed by atoms with Crippen LogP contribution in [0.2, 0.25) is 0 Å². The lowest BCUT2D eigenvalue weighted by molar-refractivity contribution is 0.317. The Bertz CT molecular complexity index is 739. The Kier molecular flexibility index (Phi) is 3.68. The fourth-order valence-corrected chi connectivity index (χ4v) is 1.97. The van der Waals surface area contributed by atoms with Crippen molar-refractivity contribution in [3.8, 4) is 6.01 Å². The molecule has 3 rings (SSSR count). The molecule has 3 aromatic rings. The van der Waals surface area contributed by atoms with Gasteiger partial charge in [-0.1, -0.05) is 12.1 Å². The van der Waals surface area contributed by atoms with E-state index in [0.717, 1.165) is 11.1 Å². The Morgan fingerprint density at radius 3 is 2.71 bits per heavy atom. The predicted molar refractivity (Wildman–Crippen MR) is 78.8 cm³/mol. The summed E-state index contributed by atoms with van der Waals surface area (Å²) in [5, 5.41) is 3.19. The van der Waals surface area contributed by atoms with Gasteiger partial charge >= 0.3 is 0 Å². The standard InChI is InChI=1S/C15H15FN4O/c1-2-21-15-18-12-7-8-13(19-14(12)20-15)17-9-10-3-5-11(16)6-4-10/h3-8H,2,9H2,1H3,(H2,17,18,19,20). The summed E-state index contributed by atoms with van der Waals surface area (Å²) in [7, 11) is 0. The smallest absolute Gasteiger partial charge is 0.296 e. The summed E-state index contributed by atoms with van der Waals surface area (Å²) in [5.41, 5.74) is 2.41. The average Bonchev–Trinajstić information content (AvgIpc) is 2.88. The number of anilines is 1. The van der Waals surface area contributed by atoms with Gasteiger partial charge in [-0.2, -0.15) is 4.98 Å². The van der Waals surface area contributed by atoms with E-state index in [1.807, 2.05) is 19.1 Å². The highest BCUT2D eigenvalue weighted by atomic mass is 19.1. The molecule has 0 unspecified atom stereocenters. The van der Waals surface area contributed by atoms with Crippen molar-refractivity contribution in [3.63, 3.8) is 0 Å². The van der Waals surface area contributed by atoms with E-state index in [1.165, 1.54) is 12.1 Å². The Morgan fingerprint density at radius 2 is 1.95 bits per heavy atom. The zero-order chi connectivity index (χ0) is 14.7. The number of rotatable bonds is 5. The van der Waals surface area contributed by atoms with Gasteiger partial charge in [0, 0.05) is 6.54 Å². The van der Waals surface area contributed by atoms with E-state index in [4.69, 9.17) is 4.74 Å². The molecular formula is C15H15FN4O. The van der Waals surface area contributed by atoms with E-state index in [2.05, 4.69) is 20.3 Å². The maximum Gasteiger partial charge on any atom is 0.296 e. The van der Waals surface area contributed by atoms with Crippen LogP contribution in [-0.4, -0.2) is 21.6 Å². The minimum atomic E-state index is -0.238. The molecule has 0 aliphatic rings. The number of hydrogen-bond donors (Lipinski definition) is 2. The summed E-state index contributed by atoms with van der Waals surface area (Å²) < 4.78 is 18.1. The molecule has 2 heterocycles. The Morgan fingerprint density at radius 1 is 1.14 bits per heavy atom. The van der Waals surface area contributed by atoms with E-state index >= 15 is 0 Å². The first-order chi connectivity index (χ1) is 10.2. The second kappa shape index (κ2) is 5.78. The SMILES string of the molecule is CCOc1nc2nc(NCc3ccc(F)cc3)ccc2[nH]1. The molecule has 2 aromatic heterocycles. The lowest BCUT2D eigenvalue weighted by Crippen LogP contribution is -2.01. The average molecular weight is 286 g/mol. The van der Waals surface area contributed by atoms with E-state index in [1.54, 1.807) is 12.1 Å². The molecule has 0 saturated heterocycles. The van der Waals surface area contributed by atoms with Gasteiger partial charge in [0.2, 0.25) is 0 Å². The number of imidazole rings is 1. The van der Waals surface area contributed by atoms with Crippen molar-refractivity contribution < 1.29 is 9.13 Å². The van der Waals surface area contributed by atoms with Gasteiger partial charge in [0.1, 0.15) is 11.6 Å². The predicted octanol–water partition coefficient (Wildman–Crippen LogP) is 3.11. The highest BCUT2D eigenvalue weighted by molar-refractivity contribution is 5.73. The number of ether oxygens (including phenoxy) is 1. The number of benzene rings is 1. The number of pyridine rings is 1. The first kappa shape index (κ1) is 13.4. The van der Waals surface area contributed by atoms with E-state index < -0.39 is 0 Å². The molecule has 0 saturated carbocycles. The number of hydrogen-bond acceptors (Lipinski definition) is 4. The molecule has 0 aliphatic heterocycles.